The Morgan fingerprint density at radius 1 is 1.26 bits per heavy atom. The van der Waals surface area contributed by atoms with Crippen LogP contribution in [0.5, 0.6) is 0 Å². The monoisotopic (exact) mass is 423 g/mol. The molecule has 3 aromatic rings. The molecule has 31 heavy (non-hydrogen) atoms. The molecule has 160 valence electrons. The number of anilines is 1. The van der Waals surface area contributed by atoms with Crippen molar-refractivity contribution in [2.24, 2.45) is 5.73 Å². The molecule has 0 bridgehead atoms. The van der Waals surface area contributed by atoms with Crippen LogP contribution in [0.25, 0.3) is 11.1 Å². The van der Waals surface area contributed by atoms with E-state index in [0.29, 0.717) is 5.95 Å². The van der Waals surface area contributed by atoms with E-state index >= 15 is 0 Å². The molecule has 0 atom stereocenters. The van der Waals surface area contributed by atoms with Crippen LogP contribution in [0.15, 0.2) is 48.8 Å². The van der Waals surface area contributed by atoms with E-state index < -0.39 is 23.3 Å². The molecule has 2 heterocycles. The predicted molar refractivity (Wildman–Crippen MR) is 114 cm³/mol. The van der Waals surface area contributed by atoms with Crippen LogP contribution in [0.1, 0.15) is 29.8 Å². The lowest BCUT2D eigenvalue weighted by molar-refractivity contribution is -0.117. The zero-order valence-corrected chi connectivity index (χ0v) is 17.1. The van der Waals surface area contributed by atoms with Crippen molar-refractivity contribution in [2.75, 3.05) is 11.9 Å². The molecule has 1 saturated carbocycles. The lowest BCUT2D eigenvalue weighted by Crippen LogP contribution is -2.49. The van der Waals surface area contributed by atoms with E-state index in [2.05, 4.69) is 20.3 Å². The molecule has 1 amide bonds. The number of rotatable bonds is 7. The highest BCUT2D eigenvalue weighted by Gasteiger charge is 2.48. The quantitative estimate of drug-likeness (QED) is 0.607. The number of aryl methyl sites for hydroxylation is 1. The summed E-state index contributed by atoms with van der Waals surface area (Å²) in [6, 6.07) is 10.4. The Morgan fingerprint density at radius 2 is 2.06 bits per heavy atom. The average Bonchev–Trinajstić information content (AvgIpc) is 2.70. The van der Waals surface area contributed by atoms with E-state index in [0.717, 1.165) is 22.4 Å². The van der Waals surface area contributed by atoms with Crippen molar-refractivity contribution in [1.82, 2.24) is 15.0 Å². The molecule has 3 N–H and O–H groups in total. The minimum atomic E-state index is -0.971. The molecule has 8 heteroatoms. The summed E-state index contributed by atoms with van der Waals surface area (Å²) in [4.78, 5) is 24.3. The maximum atomic E-state index is 14.3. The maximum Gasteiger partial charge on any atom is 0.222 e. The van der Waals surface area contributed by atoms with Gasteiger partial charge in [0.1, 0.15) is 12.0 Å². The van der Waals surface area contributed by atoms with Crippen LogP contribution in [0.2, 0.25) is 0 Å². The first kappa shape index (κ1) is 20.8. The van der Waals surface area contributed by atoms with Crippen molar-refractivity contribution < 1.29 is 13.6 Å². The first-order chi connectivity index (χ1) is 14.9. The van der Waals surface area contributed by atoms with Crippen LogP contribution in [0.3, 0.4) is 0 Å². The highest BCUT2D eigenvalue weighted by Crippen LogP contribution is 2.45. The number of nitrogens with one attached hydrogen (secondary N) is 1. The van der Waals surface area contributed by atoms with Gasteiger partial charge in [0, 0.05) is 29.9 Å². The fourth-order valence-corrected chi connectivity index (χ4v) is 4.12. The van der Waals surface area contributed by atoms with Gasteiger partial charge in [-0.05, 0) is 43.0 Å². The van der Waals surface area contributed by atoms with Crippen LogP contribution < -0.4 is 11.1 Å². The van der Waals surface area contributed by atoms with E-state index in [4.69, 9.17) is 5.73 Å². The number of nitrogens with zero attached hydrogens (tertiary/aromatic N) is 3. The van der Waals surface area contributed by atoms with Gasteiger partial charge in [-0.15, -0.1) is 0 Å². The van der Waals surface area contributed by atoms with Crippen LogP contribution >= 0.6 is 0 Å². The second-order valence-electron chi connectivity index (χ2n) is 8.01. The summed E-state index contributed by atoms with van der Waals surface area (Å²) in [5, 5.41) is 3.13. The molecule has 1 fully saturated rings. The number of primary amides is 1. The van der Waals surface area contributed by atoms with Crippen molar-refractivity contribution in [3.63, 3.8) is 0 Å². The Hall–Kier alpha value is -3.42. The van der Waals surface area contributed by atoms with Crippen molar-refractivity contribution in [3.8, 4) is 11.1 Å². The number of amides is 1. The number of pyridine rings is 1. The van der Waals surface area contributed by atoms with E-state index in [1.807, 2.05) is 31.2 Å². The highest BCUT2D eigenvalue weighted by molar-refractivity contribution is 5.77. The number of alkyl halides is 1. The molecule has 0 aliphatic heterocycles. The number of carbonyl (C=O) groups excluding carboxylic acids is 1. The summed E-state index contributed by atoms with van der Waals surface area (Å²) in [5.41, 5.74) is 8.11. The van der Waals surface area contributed by atoms with Crippen molar-refractivity contribution >= 4 is 11.9 Å². The van der Waals surface area contributed by atoms with Crippen LogP contribution in [-0.2, 0) is 16.6 Å². The largest absolute Gasteiger partial charge is 0.369 e. The molecular weight excluding hydrogens is 400 g/mol. The molecule has 0 spiro atoms. The van der Waals surface area contributed by atoms with Gasteiger partial charge in [-0.1, -0.05) is 24.3 Å². The van der Waals surface area contributed by atoms with Gasteiger partial charge < -0.3 is 11.1 Å². The van der Waals surface area contributed by atoms with Gasteiger partial charge in [0.05, 0.1) is 17.8 Å². The Balaban J connectivity index is 1.52. The summed E-state index contributed by atoms with van der Waals surface area (Å²) in [7, 11) is 0. The third-order valence-electron chi connectivity index (χ3n) is 5.67. The summed E-state index contributed by atoms with van der Waals surface area (Å²) in [6.07, 6.45) is 2.82. The van der Waals surface area contributed by atoms with E-state index in [1.54, 1.807) is 6.20 Å². The minimum absolute atomic E-state index is 0.162. The molecule has 0 radical (unpaired) electrons. The first-order valence-corrected chi connectivity index (χ1v) is 10.1. The standard InChI is InChI=1S/C23H23F2N5O/c1-14-18(16-5-2-4-15(8-16)9-20(26)31)12-28-22(30-14)29-13-23(10-17(24)11-23)21-19(25)6-3-7-27-21/h2-8,12,17H,9-11,13H2,1H3,(H2,26,31)(H,28,29,30)/t17-,23-. The molecule has 2 aromatic heterocycles. The van der Waals surface area contributed by atoms with Gasteiger partial charge in [-0.3, -0.25) is 9.78 Å². The van der Waals surface area contributed by atoms with Gasteiger partial charge in [0.25, 0.3) is 0 Å². The topological polar surface area (TPSA) is 93.8 Å². The number of benzene rings is 1. The molecule has 6 nitrogen and oxygen atoms in total. The Labute approximate surface area is 179 Å². The second-order valence-corrected chi connectivity index (χ2v) is 8.01. The van der Waals surface area contributed by atoms with Crippen molar-refractivity contribution in [2.45, 2.75) is 37.8 Å². The summed E-state index contributed by atoms with van der Waals surface area (Å²) >= 11 is 0. The van der Waals surface area contributed by atoms with Gasteiger partial charge in [-0.2, -0.15) is 0 Å². The number of aromatic nitrogens is 3. The summed E-state index contributed by atoms with van der Waals surface area (Å²) in [5.74, 6) is -0.443. The smallest absolute Gasteiger partial charge is 0.222 e. The van der Waals surface area contributed by atoms with E-state index in [-0.39, 0.29) is 31.5 Å². The highest BCUT2D eigenvalue weighted by atomic mass is 19.1. The fraction of sp³-hybridized carbons (Fsp3) is 0.304. The zero-order valence-electron chi connectivity index (χ0n) is 17.1. The molecule has 1 aromatic carbocycles. The van der Waals surface area contributed by atoms with Crippen LogP contribution in [0.4, 0.5) is 14.7 Å². The first-order valence-electron chi connectivity index (χ1n) is 10.1. The summed E-state index contributed by atoms with van der Waals surface area (Å²) in [6.45, 7) is 2.15. The average molecular weight is 423 g/mol. The van der Waals surface area contributed by atoms with E-state index in [9.17, 15) is 13.6 Å². The fourth-order valence-electron chi connectivity index (χ4n) is 4.12. The lowest BCUT2D eigenvalue weighted by Gasteiger charge is -2.43. The van der Waals surface area contributed by atoms with Gasteiger partial charge in [0.15, 0.2) is 0 Å². The molecule has 0 unspecified atom stereocenters. The van der Waals surface area contributed by atoms with Crippen molar-refractivity contribution in [1.29, 1.82) is 0 Å². The van der Waals surface area contributed by atoms with Crippen molar-refractivity contribution in [3.05, 3.63) is 71.6 Å². The summed E-state index contributed by atoms with van der Waals surface area (Å²) < 4.78 is 28.0. The number of hydrogen-bond acceptors (Lipinski definition) is 5. The normalized spacial score (nSPS) is 20.2. The Morgan fingerprint density at radius 3 is 2.74 bits per heavy atom. The second kappa shape index (κ2) is 8.37. The van der Waals surface area contributed by atoms with Crippen LogP contribution in [0, 0.1) is 12.7 Å². The number of hydrogen-bond donors (Lipinski definition) is 2. The third kappa shape index (κ3) is 4.38. The third-order valence-corrected chi connectivity index (χ3v) is 5.67. The van der Waals surface area contributed by atoms with Gasteiger partial charge in [-0.25, -0.2) is 18.7 Å². The van der Waals surface area contributed by atoms with E-state index in [1.165, 1.54) is 18.3 Å². The van der Waals surface area contributed by atoms with Gasteiger partial charge in [0.2, 0.25) is 11.9 Å². The molecule has 0 saturated heterocycles. The Kier molecular flexibility index (Phi) is 5.63. The van der Waals surface area contributed by atoms with Crippen LogP contribution in [-0.4, -0.2) is 33.6 Å². The minimum Gasteiger partial charge on any atom is -0.369 e. The molecule has 4 rings (SSSR count). The van der Waals surface area contributed by atoms with Gasteiger partial charge >= 0.3 is 0 Å². The maximum absolute atomic E-state index is 14.3. The SMILES string of the molecule is Cc1nc(NC[C@]2(c3ncccc3F)C[C@H](F)C2)ncc1-c1cccc(CC(N)=O)c1. The number of carbonyl (C=O) groups is 1. The predicted octanol–water partition coefficient (Wildman–Crippen LogP) is 3.50. The molecule has 1 aliphatic carbocycles. The zero-order chi connectivity index (χ0) is 22.0. The number of halogens is 2. The lowest BCUT2D eigenvalue weighted by atomic mass is 9.65. The molecule has 1 aliphatic rings. The number of nitrogens with two attached hydrogens (primary N) is 1. The molecular formula is C23H23F2N5O. The Bertz CT molecular complexity index is 1110.